The van der Waals surface area contributed by atoms with E-state index in [2.05, 4.69) is 39.5 Å². The van der Waals surface area contributed by atoms with Crippen molar-refractivity contribution in [1.82, 2.24) is 4.90 Å². The van der Waals surface area contributed by atoms with Gasteiger partial charge >= 0.3 is 5.97 Å². The molecular formula is C23H39NO4. The summed E-state index contributed by atoms with van der Waals surface area (Å²) in [6.45, 7) is 17.3. The van der Waals surface area contributed by atoms with Gasteiger partial charge < -0.3 is 14.6 Å². The topological polar surface area (TPSA) is 59.0 Å². The van der Waals surface area contributed by atoms with Gasteiger partial charge in [-0.15, -0.1) is 0 Å². The third-order valence-corrected chi connectivity index (χ3v) is 4.95. The molecule has 5 heteroatoms. The summed E-state index contributed by atoms with van der Waals surface area (Å²) in [4.78, 5) is 14.4. The summed E-state index contributed by atoms with van der Waals surface area (Å²) in [6, 6.07) is 6.66. The lowest BCUT2D eigenvalue weighted by molar-refractivity contribution is -0.159. The summed E-state index contributed by atoms with van der Waals surface area (Å²) < 4.78 is 11.0. The first-order chi connectivity index (χ1) is 13.0. The second kappa shape index (κ2) is 10.8. The van der Waals surface area contributed by atoms with Crippen LogP contribution in [0.3, 0.4) is 0 Å². The molecular weight excluding hydrogens is 354 g/mol. The van der Waals surface area contributed by atoms with Gasteiger partial charge in [-0.1, -0.05) is 13.0 Å². The van der Waals surface area contributed by atoms with Gasteiger partial charge in [0, 0.05) is 12.1 Å². The molecule has 0 aromatic heterocycles. The highest BCUT2D eigenvalue weighted by Gasteiger charge is 2.23. The lowest BCUT2D eigenvalue weighted by Gasteiger charge is -2.31. The van der Waals surface area contributed by atoms with Crippen molar-refractivity contribution < 1.29 is 19.4 Å². The van der Waals surface area contributed by atoms with Gasteiger partial charge in [-0.3, -0.25) is 9.69 Å². The molecule has 28 heavy (non-hydrogen) atoms. The summed E-state index contributed by atoms with van der Waals surface area (Å²) in [5.74, 6) is 0.658. The van der Waals surface area contributed by atoms with Crippen molar-refractivity contribution in [2.24, 2.45) is 5.41 Å². The summed E-state index contributed by atoms with van der Waals surface area (Å²) >= 11 is 0. The Kier molecular flexibility index (Phi) is 9.45. The zero-order valence-corrected chi connectivity index (χ0v) is 18.9. The van der Waals surface area contributed by atoms with Crippen LogP contribution in [-0.2, 0) is 16.1 Å². The Balaban J connectivity index is 2.86. The quantitative estimate of drug-likeness (QED) is 0.460. The van der Waals surface area contributed by atoms with Crippen LogP contribution >= 0.6 is 0 Å². The lowest BCUT2D eigenvalue weighted by atomic mass is 9.94. The van der Waals surface area contributed by atoms with Crippen LogP contribution in [0.1, 0.15) is 78.9 Å². The highest BCUT2D eigenvalue weighted by molar-refractivity contribution is 5.75. The highest BCUT2D eigenvalue weighted by Crippen LogP contribution is 2.31. The third kappa shape index (κ3) is 7.44. The van der Waals surface area contributed by atoms with Crippen LogP contribution in [-0.4, -0.2) is 41.4 Å². The van der Waals surface area contributed by atoms with Crippen LogP contribution in [0.5, 0.6) is 5.75 Å². The molecule has 0 aliphatic heterocycles. The van der Waals surface area contributed by atoms with Crippen molar-refractivity contribution in [2.45, 2.75) is 86.4 Å². The molecule has 5 nitrogen and oxygen atoms in total. The van der Waals surface area contributed by atoms with Gasteiger partial charge in [0.15, 0.2) is 0 Å². The van der Waals surface area contributed by atoms with Gasteiger partial charge in [0.1, 0.15) is 5.75 Å². The number of esters is 1. The van der Waals surface area contributed by atoms with Crippen molar-refractivity contribution in [2.75, 3.05) is 13.3 Å². The first kappa shape index (κ1) is 24.4. The monoisotopic (exact) mass is 393 g/mol. The number of hydrogen-bond donors (Lipinski definition) is 1. The molecule has 160 valence electrons. The van der Waals surface area contributed by atoms with Crippen LogP contribution in [0.25, 0.3) is 0 Å². The van der Waals surface area contributed by atoms with Crippen molar-refractivity contribution in [3.63, 3.8) is 0 Å². The van der Waals surface area contributed by atoms with Crippen molar-refractivity contribution in [1.29, 1.82) is 0 Å². The number of rotatable bonds is 10. The van der Waals surface area contributed by atoms with Gasteiger partial charge in [-0.25, -0.2) is 0 Å². The zero-order valence-electron chi connectivity index (χ0n) is 18.9. The fourth-order valence-electron chi connectivity index (χ4n) is 3.19. The SMILES string of the molecule is CC(C)N(CC[C@H](C)c1cc(CO)ccc1OCOC(=O)C(C)(C)C)C(C)C. The lowest BCUT2D eigenvalue weighted by Crippen LogP contribution is -2.38. The minimum absolute atomic E-state index is 0.0108. The summed E-state index contributed by atoms with van der Waals surface area (Å²) in [7, 11) is 0. The van der Waals surface area contributed by atoms with Crippen molar-refractivity contribution in [3.05, 3.63) is 29.3 Å². The fraction of sp³-hybridized carbons (Fsp3) is 0.696. The maximum Gasteiger partial charge on any atom is 0.314 e. The number of aliphatic hydroxyl groups excluding tert-OH is 1. The predicted octanol–water partition coefficient (Wildman–Crippen LogP) is 4.72. The first-order valence-electron chi connectivity index (χ1n) is 10.3. The summed E-state index contributed by atoms with van der Waals surface area (Å²) in [6.07, 6.45) is 0.976. The van der Waals surface area contributed by atoms with Crippen LogP contribution in [0.4, 0.5) is 0 Å². The molecule has 0 heterocycles. The van der Waals surface area contributed by atoms with Gasteiger partial charge in [0.25, 0.3) is 0 Å². The smallest absolute Gasteiger partial charge is 0.314 e. The normalized spacial score (nSPS) is 13.3. The second-order valence-electron chi connectivity index (χ2n) is 9.09. The minimum Gasteiger partial charge on any atom is -0.457 e. The number of ether oxygens (including phenoxy) is 2. The zero-order chi connectivity index (χ0) is 21.5. The van der Waals surface area contributed by atoms with E-state index in [9.17, 15) is 9.90 Å². The molecule has 0 aliphatic carbocycles. The van der Waals surface area contributed by atoms with E-state index < -0.39 is 5.41 Å². The van der Waals surface area contributed by atoms with E-state index in [1.54, 1.807) is 0 Å². The Labute approximate surface area is 171 Å². The van der Waals surface area contributed by atoms with Crippen LogP contribution in [0, 0.1) is 5.41 Å². The van der Waals surface area contributed by atoms with Gasteiger partial charge in [0.2, 0.25) is 6.79 Å². The molecule has 0 saturated carbocycles. The Morgan fingerprint density at radius 2 is 1.71 bits per heavy atom. The predicted molar refractivity (Wildman–Crippen MR) is 113 cm³/mol. The summed E-state index contributed by atoms with van der Waals surface area (Å²) in [5, 5.41) is 9.52. The molecule has 1 N–H and O–H groups in total. The van der Waals surface area contributed by atoms with E-state index in [1.807, 2.05) is 39.0 Å². The molecule has 1 atom stereocenters. The van der Waals surface area contributed by atoms with E-state index in [4.69, 9.17) is 9.47 Å². The molecule has 0 spiro atoms. The Bertz CT molecular complexity index is 612. The average molecular weight is 394 g/mol. The minimum atomic E-state index is -0.558. The first-order valence-corrected chi connectivity index (χ1v) is 10.3. The molecule has 0 aliphatic rings. The molecule has 1 aromatic rings. The highest BCUT2D eigenvalue weighted by atomic mass is 16.7. The second-order valence-corrected chi connectivity index (χ2v) is 9.09. The van der Waals surface area contributed by atoms with E-state index in [0.29, 0.717) is 17.8 Å². The molecule has 0 radical (unpaired) electrons. The average Bonchev–Trinajstić information content (AvgIpc) is 2.60. The van der Waals surface area contributed by atoms with E-state index in [-0.39, 0.29) is 25.3 Å². The van der Waals surface area contributed by atoms with Crippen LogP contribution in [0.15, 0.2) is 18.2 Å². The fourth-order valence-corrected chi connectivity index (χ4v) is 3.19. The Morgan fingerprint density at radius 3 is 2.21 bits per heavy atom. The Hall–Kier alpha value is -1.59. The number of carbonyl (C=O) groups is 1. The van der Waals surface area contributed by atoms with Gasteiger partial charge in [-0.05, 0) is 90.6 Å². The Morgan fingerprint density at radius 1 is 1.11 bits per heavy atom. The standard InChI is InChI=1S/C23H39NO4/c1-16(2)24(17(3)4)12-11-18(5)20-13-19(14-25)9-10-21(20)27-15-28-22(26)23(6,7)8/h9-10,13,16-18,25H,11-12,14-15H2,1-8H3/t18-/m0/s1. The maximum atomic E-state index is 11.9. The molecule has 0 bridgehead atoms. The number of nitrogens with zero attached hydrogens (tertiary/aromatic N) is 1. The van der Waals surface area contributed by atoms with E-state index in [0.717, 1.165) is 24.1 Å². The molecule has 0 unspecified atom stereocenters. The number of carbonyl (C=O) groups excluding carboxylic acids is 1. The molecule has 0 saturated heterocycles. The summed E-state index contributed by atoms with van der Waals surface area (Å²) in [5.41, 5.74) is 1.33. The molecule has 1 rings (SSSR count). The van der Waals surface area contributed by atoms with Crippen molar-refractivity contribution >= 4 is 5.97 Å². The molecule has 0 fully saturated rings. The van der Waals surface area contributed by atoms with Crippen LogP contribution < -0.4 is 4.74 Å². The molecule has 0 amide bonds. The third-order valence-electron chi connectivity index (χ3n) is 4.95. The molecule has 1 aromatic carbocycles. The van der Waals surface area contributed by atoms with Crippen molar-refractivity contribution in [3.8, 4) is 5.75 Å². The maximum absolute atomic E-state index is 11.9. The van der Waals surface area contributed by atoms with Gasteiger partial charge in [-0.2, -0.15) is 0 Å². The number of aliphatic hydroxyl groups is 1. The largest absolute Gasteiger partial charge is 0.457 e. The number of benzene rings is 1. The number of hydrogen-bond acceptors (Lipinski definition) is 5. The van der Waals surface area contributed by atoms with Gasteiger partial charge in [0.05, 0.1) is 12.0 Å². The van der Waals surface area contributed by atoms with E-state index in [1.165, 1.54) is 0 Å². The van der Waals surface area contributed by atoms with Crippen LogP contribution in [0.2, 0.25) is 0 Å². The van der Waals surface area contributed by atoms with E-state index >= 15 is 0 Å².